The van der Waals surface area contributed by atoms with E-state index < -0.39 is 11.6 Å². The third kappa shape index (κ3) is 3.17. The molecule has 1 aliphatic heterocycles. The highest BCUT2D eigenvalue weighted by atomic mass is 19.1. The predicted octanol–water partition coefficient (Wildman–Crippen LogP) is 3.70. The van der Waals surface area contributed by atoms with Crippen molar-refractivity contribution < 1.29 is 9.50 Å². The van der Waals surface area contributed by atoms with Crippen molar-refractivity contribution in [1.82, 2.24) is 25.1 Å². The summed E-state index contributed by atoms with van der Waals surface area (Å²) in [5, 5.41) is 19.8. The zero-order valence-corrected chi connectivity index (χ0v) is 18.1. The molecule has 4 aromatic rings. The highest BCUT2D eigenvalue weighted by molar-refractivity contribution is 5.90. The van der Waals surface area contributed by atoms with E-state index in [1.165, 1.54) is 10.4 Å². The fraction of sp³-hybridized carbons (Fsp3) is 0.375. The van der Waals surface area contributed by atoms with Crippen molar-refractivity contribution in [2.24, 2.45) is 7.05 Å². The number of phenols is 1. The van der Waals surface area contributed by atoms with Gasteiger partial charge in [0.15, 0.2) is 17.4 Å². The lowest BCUT2D eigenvalue weighted by atomic mass is 10.1. The SMILES string of the molecule is CC1CN(c2ccc3nc(-c4cc5cn(C)nc5c(F)c4O)nc(C4CC4)c3c2)CCN1. The number of halogens is 1. The Hall–Kier alpha value is -3.26. The maximum atomic E-state index is 14.8. The van der Waals surface area contributed by atoms with E-state index in [0.29, 0.717) is 28.7 Å². The van der Waals surface area contributed by atoms with Gasteiger partial charge in [-0.1, -0.05) is 0 Å². The highest BCUT2D eigenvalue weighted by Gasteiger charge is 2.29. The number of nitrogens with zero attached hydrogens (tertiary/aromatic N) is 5. The van der Waals surface area contributed by atoms with E-state index >= 15 is 0 Å². The first-order valence-electron chi connectivity index (χ1n) is 11.1. The molecule has 0 amide bonds. The zero-order valence-electron chi connectivity index (χ0n) is 18.1. The Labute approximate surface area is 184 Å². The number of piperazine rings is 1. The molecule has 2 N–H and O–H groups in total. The third-order valence-corrected chi connectivity index (χ3v) is 6.48. The van der Waals surface area contributed by atoms with Gasteiger partial charge in [-0.3, -0.25) is 4.68 Å². The molecule has 32 heavy (non-hydrogen) atoms. The number of aromatic hydroxyl groups is 1. The van der Waals surface area contributed by atoms with Crippen LogP contribution in [0.2, 0.25) is 0 Å². The van der Waals surface area contributed by atoms with Gasteiger partial charge in [0.1, 0.15) is 5.52 Å². The molecule has 0 spiro atoms. The quantitative estimate of drug-likeness (QED) is 0.514. The molecule has 0 radical (unpaired) electrons. The maximum absolute atomic E-state index is 14.8. The van der Waals surface area contributed by atoms with E-state index in [9.17, 15) is 9.50 Å². The van der Waals surface area contributed by atoms with Crippen LogP contribution in [0.25, 0.3) is 33.2 Å². The molecule has 8 heteroatoms. The Balaban J connectivity index is 1.50. The van der Waals surface area contributed by atoms with E-state index in [-0.39, 0.29) is 5.52 Å². The van der Waals surface area contributed by atoms with Gasteiger partial charge in [-0.15, -0.1) is 0 Å². The van der Waals surface area contributed by atoms with Gasteiger partial charge in [-0.2, -0.15) is 5.10 Å². The second-order valence-electron chi connectivity index (χ2n) is 9.04. The first-order chi connectivity index (χ1) is 15.5. The summed E-state index contributed by atoms with van der Waals surface area (Å²) in [7, 11) is 1.73. The highest BCUT2D eigenvalue weighted by Crippen LogP contribution is 2.44. The van der Waals surface area contributed by atoms with Crippen molar-refractivity contribution in [2.75, 3.05) is 24.5 Å². The smallest absolute Gasteiger partial charge is 0.193 e. The van der Waals surface area contributed by atoms with Crippen molar-refractivity contribution >= 4 is 27.5 Å². The Bertz CT molecular complexity index is 1360. The molecule has 3 heterocycles. The second-order valence-corrected chi connectivity index (χ2v) is 9.04. The Morgan fingerprint density at radius 1 is 1.19 bits per heavy atom. The number of aromatic nitrogens is 4. The summed E-state index contributed by atoms with van der Waals surface area (Å²) in [6, 6.07) is 8.47. The van der Waals surface area contributed by atoms with Crippen LogP contribution in [0.4, 0.5) is 10.1 Å². The van der Waals surface area contributed by atoms with Gasteiger partial charge in [0.05, 0.1) is 16.8 Å². The average molecular weight is 433 g/mol. The van der Waals surface area contributed by atoms with Crippen molar-refractivity contribution in [2.45, 2.75) is 31.7 Å². The molecule has 1 saturated carbocycles. The summed E-state index contributed by atoms with van der Waals surface area (Å²) in [5.41, 5.74) is 3.42. The van der Waals surface area contributed by atoms with Crippen LogP contribution < -0.4 is 10.2 Å². The standard InChI is InChI=1S/C24H25FN6O/c1-13-11-31(8-7-26-13)16-5-6-19-17(10-16)21(14-3-4-14)28-24(27-19)18-9-15-12-30(2)29-22(15)20(25)23(18)32/h5-6,9-10,12-14,26,32H,3-4,7-8,11H2,1-2H3. The van der Waals surface area contributed by atoms with E-state index in [4.69, 9.17) is 9.97 Å². The van der Waals surface area contributed by atoms with Crippen LogP contribution in [0, 0.1) is 5.82 Å². The summed E-state index contributed by atoms with van der Waals surface area (Å²) in [6.45, 7) is 5.09. The molecule has 1 unspecified atom stereocenters. The van der Waals surface area contributed by atoms with Gasteiger partial charge in [0.25, 0.3) is 0 Å². The van der Waals surface area contributed by atoms with E-state index in [1.807, 2.05) is 6.07 Å². The largest absolute Gasteiger partial charge is 0.504 e. The molecule has 2 aromatic carbocycles. The van der Waals surface area contributed by atoms with Gasteiger partial charge in [-0.05, 0) is 44.0 Å². The minimum atomic E-state index is -0.738. The van der Waals surface area contributed by atoms with Gasteiger partial charge < -0.3 is 15.3 Å². The molecule has 6 rings (SSSR count). The van der Waals surface area contributed by atoms with Crippen LogP contribution in [-0.2, 0) is 7.05 Å². The van der Waals surface area contributed by atoms with Gasteiger partial charge in [-0.25, -0.2) is 14.4 Å². The summed E-state index contributed by atoms with van der Waals surface area (Å²) >= 11 is 0. The van der Waals surface area contributed by atoms with Crippen LogP contribution in [-0.4, -0.2) is 50.5 Å². The topological polar surface area (TPSA) is 79.1 Å². The number of benzene rings is 2. The normalized spacial score (nSPS) is 19.2. The second kappa shape index (κ2) is 7.13. The van der Waals surface area contributed by atoms with Crippen molar-refractivity contribution in [3.63, 3.8) is 0 Å². The lowest BCUT2D eigenvalue weighted by Gasteiger charge is -2.33. The number of nitrogens with one attached hydrogen (secondary N) is 1. The number of phenolic OH excluding ortho intramolecular Hbond substituents is 1. The molecule has 7 nitrogen and oxygen atoms in total. The number of anilines is 1. The summed E-state index contributed by atoms with van der Waals surface area (Å²) in [5.74, 6) is -0.461. The third-order valence-electron chi connectivity index (χ3n) is 6.48. The van der Waals surface area contributed by atoms with Crippen LogP contribution in [0.5, 0.6) is 5.75 Å². The number of rotatable bonds is 3. The minimum absolute atomic E-state index is 0.145. The van der Waals surface area contributed by atoms with E-state index in [2.05, 4.69) is 34.4 Å². The maximum Gasteiger partial charge on any atom is 0.193 e. The molecule has 0 bridgehead atoms. The van der Waals surface area contributed by atoms with Crippen LogP contribution in [0.1, 0.15) is 31.4 Å². The Kier molecular flexibility index (Phi) is 4.33. The van der Waals surface area contributed by atoms with Gasteiger partial charge in [0.2, 0.25) is 0 Å². The molecular formula is C24H25FN6O. The first-order valence-corrected chi connectivity index (χ1v) is 11.1. The molecule has 2 fully saturated rings. The van der Waals surface area contributed by atoms with Crippen LogP contribution in [0.3, 0.4) is 0 Å². The molecule has 2 aromatic heterocycles. The number of aryl methyl sites for hydroxylation is 1. The molecular weight excluding hydrogens is 407 g/mol. The van der Waals surface area contributed by atoms with E-state index in [0.717, 1.165) is 49.1 Å². The summed E-state index contributed by atoms with van der Waals surface area (Å²) < 4.78 is 16.4. The summed E-state index contributed by atoms with van der Waals surface area (Å²) in [6.07, 6.45) is 3.90. The Morgan fingerprint density at radius 2 is 2.03 bits per heavy atom. The molecule has 1 atom stereocenters. The monoisotopic (exact) mass is 432 g/mol. The fourth-order valence-electron chi connectivity index (χ4n) is 4.70. The van der Waals surface area contributed by atoms with Crippen molar-refractivity contribution in [3.05, 3.63) is 42.0 Å². The lowest BCUT2D eigenvalue weighted by molar-refractivity contribution is 0.437. The number of hydrogen-bond donors (Lipinski definition) is 2. The first kappa shape index (κ1) is 19.4. The fourth-order valence-corrected chi connectivity index (χ4v) is 4.70. The van der Waals surface area contributed by atoms with Crippen LogP contribution in [0.15, 0.2) is 30.5 Å². The van der Waals surface area contributed by atoms with Gasteiger partial charge >= 0.3 is 0 Å². The lowest BCUT2D eigenvalue weighted by Crippen LogP contribution is -2.49. The number of fused-ring (bicyclic) bond motifs is 2. The molecule has 1 saturated heterocycles. The zero-order chi connectivity index (χ0) is 22.0. The summed E-state index contributed by atoms with van der Waals surface area (Å²) in [4.78, 5) is 12.0. The molecule has 164 valence electrons. The molecule has 2 aliphatic rings. The number of hydrogen-bond acceptors (Lipinski definition) is 6. The van der Waals surface area contributed by atoms with Crippen molar-refractivity contribution in [1.29, 1.82) is 0 Å². The minimum Gasteiger partial charge on any atom is -0.504 e. The Morgan fingerprint density at radius 3 is 2.81 bits per heavy atom. The van der Waals surface area contributed by atoms with Gasteiger partial charge in [0, 0.05) is 61.3 Å². The predicted molar refractivity (Wildman–Crippen MR) is 123 cm³/mol. The van der Waals surface area contributed by atoms with Crippen LogP contribution >= 0.6 is 0 Å². The van der Waals surface area contributed by atoms with Crippen molar-refractivity contribution in [3.8, 4) is 17.1 Å². The average Bonchev–Trinajstić information content (AvgIpc) is 3.56. The van der Waals surface area contributed by atoms with E-state index in [1.54, 1.807) is 19.3 Å². The molecule has 1 aliphatic carbocycles.